The summed E-state index contributed by atoms with van der Waals surface area (Å²) in [6, 6.07) is 3.97. The monoisotopic (exact) mass is 261 g/mol. The molecule has 0 bridgehead atoms. The molecule has 1 fully saturated rings. The number of pyridine rings is 1. The molecule has 1 heterocycles. The van der Waals surface area contributed by atoms with E-state index < -0.39 is 0 Å². The SMILES string of the molecule is CCN(CC)c1ncccc1CNC(=O)C1CCC1. The van der Waals surface area contributed by atoms with Gasteiger partial charge in [0, 0.05) is 37.3 Å². The van der Waals surface area contributed by atoms with Crippen molar-refractivity contribution in [3.63, 3.8) is 0 Å². The molecule has 0 unspecified atom stereocenters. The van der Waals surface area contributed by atoms with Crippen LogP contribution in [-0.4, -0.2) is 24.0 Å². The van der Waals surface area contributed by atoms with Crippen molar-refractivity contribution in [1.82, 2.24) is 10.3 Å². The second kappa shape index (κ2) is 6.55. The van der Waals surface area contributed by atoms with E-state index >= 15 is 0 Å². The van der Waals surface area contributed by atoms with Crippen LogP contribution in [0.3, 0.4) is 0 Å². The highest BCUT2D eigenvalue weighted by atomic mass is 16.1. The standard InChI is InChI=1S/C15H23N3O/c1-3-18(4-2)14-13(9-6-10-16-14)11-17-15(19)12-7-5-8-12/h6,9-10,12H,3-5,7-8,11H2,1-2H3,(H,17,19). The van der Waals surface area contributed by atoms with Gasteiger partial charge in [-0.05, 0) is 32.8 Å². The van der Waals surface area contributed by atoms with Crippen molar-refractivity contribution >= 4 is 11.7 Å². The number of rotatable bonds is 6. The molecule has 0 atom stereocenters. The van der Waals surface area contributed by atoms with Crippen LogP contribution in [0.5, 0.6) is 0 Å². The van der Waals surface area contributed by atoms with Crippen LogP contribution in [0.1, 0.15) is 38.7 Å². The van der Waals surface area contributed by atoms with Gasteiger partial charge in [-0.2, -0.15) is 0 Å². The molecule has 4 heteroatoms. The van der Waals surface area contributed by atoms with Gasteiger partial charge < -0.3 is 10.2 Å². The first kappa shape index (κ1) is 13.8. The molecule has 0 radical (unpaired) electrons. The predicted octanol–water partition coefficient (Wildman–Crippen LogP) is 2.34. The average molecular weight is 261 g/mol. The van der Waals surface area contributed by atoms with Gasteiger partial charge in [0.25, 0.3) is 0 Å². The molecule has 1 saturated carbocycles. The normalized spacial score (nSPS) is 14.8. The molecule has 1 aliphatic rings. The summed E-state index contributed by atoms with van der Waals surface area (Å²) in [5.74, 6) is 1.43. The summed E-state index contributed by atoms with van der Waals surface area (Å²) in [4.78, 5) is 18.5. The van der Waals surface area contributed by atoms with Crippen LogP contribution in [0.2, 0.25) is 0 Å². The second-order valence-corrected chi connectivity index (χ2v) is 5.00. The number of anilines is 1. The molecule has 1 aromatic rings. The summed E-state index contributed by atoms with van der Waals surface area (Å²) < 4.78 is 0. The molecule has 0 aromatic carbocycles. The maximum absolute atomic E-state index is 11.9. The van der Waals surface area contributed by atoms with Gasteiger partial charge in [-0.1, -0.05) is 12.5 Å². The van der Waals surface area contributed by atoms with E-state index in [1.165, 1.54) is 6.42 Å². The summed E-state index contributed by atoms with van der Waals surface area (Å²) in [5, 5.41) is 3.04. The first-order valence-electron chi connectivity index (χ1n) is 7.22. The minimum absolute atomic E-state index is 0.195. The van der Waals surface area contributed by atoms with Crippen molar-refractivity contribution in [3.05, 3.63) is 23.9 Å². The highest BCUT2D eigenvalue weighted by molar-refractivity contribution is 5.79. The third-order valence-electron chi connectivity index (χ3n) is 3.86. The molecular weight excluding hydrogens is 238 g/mol. The van der Waals surface area contributed by atoms with Crippen LogP contribution in [0, 0.1) is 5.92 Å². The Morgan fingerprint density at radius 1 is 1.42 bits per heavy atom. The second-order valence-electron chi connectivity index (χ2n) is 5.00. The molecule has 0 aliphatic heterocycles. The molecular formula is C15H23N3O. The number of carbonyl (C=O) groups is 1. The lowest BCUT2D eigenvalue weighted by Crippen LogP contribution is -2.34. The molecule has 4 nitrogen and oxygen atoms in total. The first-order chi connectivity index (χ1) is 9.26. The smallest absolute Gasteiger partial charge is 0.223 e. The molecule has 0 saturated heterocycles. The van der Waals surface area contributed by atoms with E-state index in [4.69, 9.17) is 0 Å². The van der Waals surface area contributed by atoms with Gasteiger partial charge >= 0.3 is 0 Å². The van der Waals surface area contributed by atoms with Crippen molar-refractivity contribution in [3.8, 4) is 0 Å². The van der Waals surface area contributed by atoms with Crippen molar-refractivity contribution in [1.29, 1.82) is 0 Å². The van der Waals surface area contributed by atoms with Crippen molar-refractivity contribution < 1.29 is 4.79 Å². The van der Waals surface area contributed by atoms with Gasteiger partial charge in [0.15, 0.2) is 0 Å². The molecule has 104 valence electrons. The summed E-state index contributed by atoms with van der Waals surface area (Å²) in [6.07, 6.45) is 5.09. The summed E-state index contributed by atoms with van der Waals surface area (Å²) in [5.41, 5.74) is 1.10. The highest BCUT2D eigenvalue weighted by Gasteiger charge is 2.25. The number of aromatic nitrogens is 1. The van der Waals surface area contributed by atoms with Crippen LogP contribution in [0.25, 0.3) is 0 Å². The zero-order valence-electron chi connectivity index (χ0n) is 11.9. The molecule has 1 aliphatic carbocycles. The fourth-order valence-electron chi connectivity index (χ4n) is 2.37. The van der Waals surface area contributed by atoms with Crippen molar-refractivity contribution in [2.24, 2.45) is 5.92 Å². The minimum Gasteiger partial charge on any atom is -0.357 e. The molecule has 2 rings (SSSR count). The van der Waals surface area contributed by atoms with E-state index in [-0.39, 0.29) is 11.8 Å². The largest absolute Gasteiger partial charge is 0.357 e. The number of amides is 1. The molecule has 1 N–H and O–H groups in total. The Morgan fingerprint density at radius 2 is 2.16 bits per heavy atom. The van der Waals surface area contributed by atoms with E-state index in [2.05, 4.69) is 29.0 Å². The first-order valence-corrected chi connectivity index (χ1v) is 7.22. The topological polar surface area (TPSA) is 45.2 Å². The van der Waals surface area contributed by atoms with Crippen LogP contribution >= 0.6 is 0 Å². The Morgan fingerprint density at radius 3 is 2.74 bits per heavy atom. The minimum atomic E-state index is 0.195. The van der Waals surface area contributed by atoms with Gasteiger partial charge in [0.1, 0.15) is 5.82 Å². The maximum atomic E-state index is 11.9. The lowest BCUT2D eigenvalue weighted by molar-refractivity contribution is -0.127. The van der Waals surface area contributed by atoms with Crippen molar-refractivity contribution in [2.45, 2.75) is 39.7 Å². The Labute approximate surface area is 115 Å². The number of nitrogens with one attached hydrogen (secondary N) is 1. The fraction of sp³-hybridized carbons (Fsp3) is 0.600. The van der Waals surface area contributed by atoms with E-state index in [1.807, 2.05) is 18.3 Å². The van der Waals surface area contributed by atoms with Crippen LogP contribution in [0.15, 0.2) is 18.3 Å². The zero-order valence-corrected chi connectivity index (χ0v) is 11.9. The van der Waals surface area contributed by atoms with Gasteiger partial charge in [0.2, 0.25) is 5.91 Å². The quantitative estimate of drug-likeness (QED) is 0.855. The van der Waals surface area contributed by atoms with Crippen LogP contribution in [0.4, 0.5) is 5.82 Å². The Balaban J connectivity index is 2.00. The third-order valence-corrected chi connectivity index (χ3v) is 3.86. The molecule has 1 amide bonds. The molecule has 0 spiro atoms. The average Bonchev–Trinajstić information content (AvgIpc) is 2.37. The third kappa shape index (κ3) is 3.25. The maximum Gasteiger partial charge on any atom is 0.223 e. The van der Waals surface area contributed by atoms with Gasteiger partial charge in [-0.25, -0.2) is 4.98 Å². The Hall–Kier alpha value is -1.58. The lowest BCUT2D eigenvalue weighted by Gasteiger charge is -2.25. The van der Waals surface area contributed by atoms with E-state index in [1.54, 1.807) is 0 Å². The summed E-state index contributed by atoms with van der Waals surface area (Å²) in [6.45, 7) is 6.67. The zero-order chi connectivity index (χ0) is 13.7. The lowest BCUT2D eigenvalue weighted by atomic mass is 9.85. The number of nitrogens with zero attached hydrogens (tertiary/aromatic N) is 2. The number of hydrogen-bond donors (Lipinski definition) is 1. The summed E-state index contributed by atoms with van der Waals surface area (Å²) >= 11 is 0. The summed E-state index contributed by atoms with van der Waals surface area (Å²) in [7, 11) is 0. The Bertz CT molecular complexity index is 425. The molecule has 1 aromatic heterocycles. The fourth-order valence-corrected chi connectivity index (χ4v) is 2.37. The van der Waals surface area contributed by atoms with Crippen LogP contribution in [-0.2, 0) is 11.3 Å². The predicted molar refractivity (Wildman–Crippen MR) is 77.0 cm³/mol. The molecule has 19 heavy (non-hydrogen) atoms. The van der Waals surface area contributed by atoms with E-state index in [0.29, 0.717) is 6.54 Å². The van der Waals surface area contributed by atoms with Gasteiger partial charge in [-0.15, -0.1) is 0 Å². The number of carbonyl (C=O) groups excluding carboxylic acids is 1. The van der Waals surface area contributed by atoms with Crippen LogP contribution < -0.4 is 10.2 Å². The van der Waals surface area contributed by atoms with Gasteiger partial charge in [-0.3, -0.25) is 4.79 Å². The van der Waals surface area contributed by atoms with E-state index in [9.17, 15) is 4.79 Å². The number of hydrogen-bond acceptors (Lipinski definition) is 3. The van der Waals surface area contributed by atoms with E-state index in [0.717, 1.165) is 37.3 Å². The van der Waals surface area contributed by atoms with Crippen molar-refractivity contribution in [2.75, 3.05) is 18.0 Å². The van der Waals surface area contributed by atoms with Gasteiger partial charge in [0.05, 0.1) is 0 Å². The highest BCUT2D eigenvalue weighted by Crippen LogP contribution is 2.26. The Kier molecular flexibility index (Phi) is 4.77.